The summed E-state index contributed by atoms with van der Waals surface area (Å²) in [5.41, 5.74) is 8.42. The summed E-state index contributed by atoms with van der Waals surface area (Å²) in [4.78, 5) is 0. The third-order valence-corrected chi connectivity index (χ3v) is 3.51. The second-order valence-electron chi connectivity index (χ2n) is 7.56. The molecule has 0 fully saturated rings. The Morgan fingerprint density at radius 2 is 1.60 bits per heavy atom. The number of nitrogens with two attached hydrogens (primary N) is 1. The summed E-state index contributed by atoms with van der Waals surface area (Å²) in [5.74, 6) is 1.02. The first kappa shape index (κ1) is 17.0. The number of benzene rings is 1. The zero-order valence-electron chi connectivity index (χ0n) is 14.0. The van der Waals surface area contributed by atoms with Crippen molar-refractivity contribution in [1.82, 2.24) is 0 Å². The van der Waals surface area contributed by atoms with Gasteiger partial charge in [0.15, 0.2) is 0 Å². The molecule has 114 valence electrons. The van der Waals surface area contributed by atoms with Crippen LogP contribution in [-0.4, -0.2) is 13.2 Å². The minimum atomic E-state index is 0.0878. The monoisotopic (exact) mass is 277 g/mol. The average Bonchev–Trinajstić information content (AvgIpc) is 2.32. The van der Waals surface area contributed by atoms with Crippen LogP contribution in [0.1, 0.15) is 65.5 Å². The second-order valence-corrected chi connectivity index (χ2v) is 7.56. The van der Waals surface area contributed by atoms with Crippen LogP contribution in [0.4, 0.5) is 0 Å². The van der Waals surface area contributed by atoms with E-state index in [0.29, 0.717) is 0 Å². The highest BCUT2D eigenvalue weighted by molar-refractivity contribution is 5.43. The molecule has 1 aromatic rings. The summed E-state index contributed by atoms with van der Waals surface area (Å²) in [6.45, 7) is 14.9. The molecule has 0 aliphatic rings. The first-order chi connectivity index (χ1) is 9.16. The van der Waals surface area contributed by atoms with E-state index in [0.717, 1.165) is 31.7 Å². The van der Waals surface area contributed by atoms with E-state index in [4.69, 9.17) is 10.5 Å². The summed E-state index contributed by atoms with van der Waals surface area (Å²) in [7, 11) is 0. The van der Waals surface area contributed by atoms with E-state index in [1.54, 1.807) is 0 Å². The summed E-state index contributed by atoms with van der Waals surface area (Å²) >= 11 is 0. The van der Waals surface area contributed by atoms with Gasteiger partial charge in [0.05, 0.1) is 6.61 Å². The van der Waals surface area contributed by atoms with Crippen LogP contribution < -0.4 is 10.5 Å². The minimum absolute atomic E-state index is 0.0878. The highest BCUT2D eigenvalue weighted by Crippen LogP contribution is 2.35. The molecule has 0 saturated carbocycles. The van der Waals surface area contributed by atoms with E-state index >= 15 is 0 Å². The van der Waals surface area contributed by atoms with Gasteiger partial charge in [0.2, 0.25) is 0 Å². The molecule has 0 unspecified atom stereocenters. The Labute approximate surface area is 124 Å². The summed E-state index contributed by atoms with van der Waals surface area (Å²) in [6, 6.07) is 6.62. The molecule has 0 atom stereocenters. The topological polar surface area (TPSA) is 35.2 Å². The molecule has 0 saturated heterocycles. The lowest BCUT2D eigenvalue weighted by molar-refractivity contribution is 0.299. The van der Waals surface area contributed by atoms with Crippen LogP contribution in [0.2, 0.25) is 0 Å². The van der Waals surface area contributed by atoms with E-state index in [9.17, 15) is 0 Å². The van der Waals surface area contributed by atoms with Gasteiger partial charge in [-0.3, -0.25) is 0 Å². The molecule has 1 rings (SSSR count). The summed E-state index contributed by atoms with van der Waals surface area (Å²) in [6.07, 6.45) is 2.03. The zero-order chi connectivity index (χ0) is 15.4. The van der Waals surface area contributed by atoms with Crippen LogP contribution in [0, 0.1) is 0 Å². The van der Waals surface area contributed by atoms with Gasteiger partial charge in [0.1, 0.15) is 5.75 Å². The van der Waals surface area contributed by atoms with Gasteiger partial charge in [-0.25, -0.2) is 0 Å². The van der Waals surface area contributed by atoms with Gasteiger partial charge in [-0.1, -0.05) is 53.7 Å². The fourth-order valence-electron chi connectivity index (χ4n) is 2.14. The zero-order valence-corrected chi connectivity index (χ0v) is 14.0. The lowest BCUT2D eigenvalue weighted by Crippen LogP contribution is -2.18. The molecule has 0 heterocycles. The Morgan fingerprint density at radius 1 is 0.950 bits per heavy atom. The van der Waals surface area contributed by atoms with Gasteiger partial charge in [-0.05, 0) is 47.4 Å². The van der Waals surface area contributed by atoms with E-state index in [2.05, 4.69) is 59.7 Å². The molecule has 0 radical (unpaired) electrons. The molecule has 0 aliphatic heterocycles. The Bertz CT molecular complexity index is 424. The number of rotatable bonds is 5. The van der Waals surface area contributed by atoms with Gasteiger partial charge in [-0.15, -0.1) is 0 Å². The summed E-state index contributed by atoms with van der Waals surface area (Å²) < 4.78 is 5.98. The Morgan fingerprint density at radius 3 is 2.10 bits per heavy atom. The van der Waals surface area contributed by atoms with Gasteiger partial charge in [-0.2, -0.15) is 0 Å². The predicted molar refractivity (Wildman–Crippen MR) is 87.6 cm³/mol. The molecule has 0 spiro atoms. The molecular weight excluding hydrogens is 246 g/mol. The van der Waals surface area contributed by atoms with Crippen LogP contribution in [0.15, 0.2) is 18.2 Å². The third kappa shape index (κ3) is 4.82. The standard InChI is InChI=1S/C18H31NO/c1-17(2,3)14-9-10-16(20-12-8-7-11-19)15(13-14)18(4,5)6/h9-10,13H,7-8,11-12,19H2,1-6H3. The van der Waals surface area contributed by atoms with E-state index in [1.807, 2.05) is 0 Å². The molecule has 20 heavy (non-hydrogen) atoms. The fourth-order valence-corrected chi connectivity index (χ4v) is 2.14. The lowest BCUT2D eigenvalue weighted by atomic mass is 9.80. The van der Waals surface area contributed by atoms with Gasteiger partial charge in [0.25, 0.3) is 0 Å². The van der Waals surface area contributed by atoms with E-state index < -0.39 is 0 Å². The van der Waals surface area contributed by atoms with Crippen molar-refractivity contribution in [1.29, 1.82) is 0 Å². The van der Waals surface area contributed by atoms with Crippen molar-refractivity contribution in [2.24, 2.45) is 5.73 Å². The Kier molecular flexibility index (Phi) is 5.64. The van der Waals surface area contributed by atoms with Crippen LogP contribution in [0.3, 0.4) is 0 Å². The van der Waals surface area contributed by atoms with E-state index in [-0.39, 0.29) is 10.8 Å². The SMILES string of the molecule is CC(C)(C)c1ccc(OCCCCN)c(C(C)(C)C)c1. The first-order valence-corrected chi connectivity index (χ1v) is 7.64. The minimum Gasteiger partial charge on any atom is -0.493 e. The first-order valence-electron chi connectivity index (χ1n) is 7.64. The number of ether oxygens (including phenoxy) is 1. The normalized spacial score (nSPS) is 12.6. The highest BCUT2D eigenvalue weighted by atomic mass is 16.5. The van der Waals surface area contributed by atoms with Crippen LogP contribution in [0.5, 0.6) is 5.75 Å². The molecule has 2 heteroatoms. The molecule has 0 bridgehead atoms. The van der Waals surface area contributed by atoms with Gasteiger partial charge >= 0.3 is 0 Å². The number of hydrogen-bond acceptors (Lipinski definition) is 2. The fraction of sp³-hybridized carbons (Fsp3) is 0.667. The van der Waals surface area contributed by atoms with Crippen molar-refractivity contribution in [2.75, 3.05) is 13.2 Å². The van der Waals surface area contributed by atoms with Gasteiger partial charge in [0, 0.05) is 0 Å². The van der Waals surface area contributed by atoms with Crippen LogP contribution >= 0.6 is 0 Å². The predicted octanol–water partition coefficient (Wildman–Crippen LogP) is 4.40. The highest BCUT2D eigenvalue weighted by Gasteiger charge is 2.22. The average molecular weight is 277 g/mol. The van der Waals surface area contributed by atoms with Crippen molar-refractivity contribution in [3.8, 4) is 5.75 Å². The van der Waals surface area contributed by atoms with E-state index in [1.165, 1.54) is 11.1 Å². The molecule has 0 aliphatic carbocycles. The van der Waals surface area contributed by atoms with Crippen LogP contribution in [0.25, 0.3) is 0 Å². The van der Waals surface area contributed by atoms with Crippen molar-refractivity contribution in [2.45, 2.75) is 65.2 Å². The van der Waals surface area contributed by atoms with Crippen molar-refractivity contribution in [3.63, 3.8) is 0 Å². The molecule has 2 nitrogen and oxygen atoms in total. The van der Waals surface area contributed by atoms with Crippen molar-refractivity contribution in [3.05, 3.63) is 29.3 Å². The number of unbranched alkanes of at least 4 members (excludes halogenated alkanes) is 1. The maximum absolute atomic E-state index is 5.98. The smallest absolute Gasteiger partial charge is 0.123 e. The third-order valence-electron chi connectivity index (χ3n) is 3.51. The quantitative estimate of drug-likeness (QED) is 0.810. The van der Waals surface area contributed by atoms with Crippen molar-refractivity contribution >= 4 is 0 Å². The molecular formula is C18H31NO. The molecule has 0 amide bonds. The Balaban J connectivity index is 2.99. The lowest BCUT2D eigenvalue weighted by Gasteiger charge is -2.27. The molecule has 0 aromatic heterocycles. The maximum Gasteiger partial charge on any atom is 0.123 e. The van der Waals surface area contributed by atoms with Gasteiger partial charge < -0.3 is 10.5 Å². The Hall–Kier alpha value is -1.02. The second kappa shape index (κ2) is 6.62. The molecule has 1 aromatic carbocycles. The number of hydrogen-bond donors (Lipinski definition) is 1. The van der Waals surface area contributed by atoms with Crippen LogP contribution in [-0.2, 0) is 10.8 Å². The largest absolute Gasteiger partial charge is 0.493 e. The summed E-state index contributed by atoms with van der Waals surface area (Å²) in [5, 5.41) is 0. The maximum atomic E-state index is 5.98. The van der Waals surface area contributed by atoms with Crippen molar-refractivity contribution < 1.29 is 4.74 Å². The molecule has 2 N–H and O–H groups in total.